The van der Waals surface area contributed by atoms with E-state index in [1.54, 1.807) is 24.6 Å². The van der Waals surface area contributed by atoms with Crippen molar-refractivity contribution in [1.29, 1.82) is 0 Å². The van der Waals surface area contributed by atoms with Crippen LogP contribution in [0.4, 0.5) is 5.13 Å². The molecule has 2 aromatic heterocycles. The molecule has 0 unspecified atom stereocenters. The smallest absolute Gasteiger partial charge is 0.212 e. The molecule has 0 saturated carbocycles. The second-order valence-electron chi connectivity index (χ2n) is 5.17. The quantitative estimate of drug-likeness (QED) is 0.669. The topological polar surface area (TPSA) is 79.9 Å². The Labute approximate surface area is 139 Å². The van der Waals surface area contributed by atoms with Crippen LogP contribution in [0.1, 0.15) is 5.56 Å². The molecule has 1 aliphatic rings. The van der Waals surface area contributed by atoms with Crippen LogP contribution in [0, 0.1) is 0 Å². The number of piperazine rings is 1. The zero-order valence-corrected chi connectivity index (χ0v) is 13.9. The Bertz CT molecular complexity index is 634. The Morgan fingerprint density at radius 1 is 1.30 bits per heavy atom. The van der Waals surface area contributed by atoms with Gasteiger partial charge in [0.05, 0.1) is 13.7 Å². The number of ether oxygens (including phenoxy) is 1. The maximum atomic E-state index is 6.12. The highest BCUT2D eigenvalue weighted by molar-refractivity contribution is 7.13. The predicted molar refractivity (Wildman–Crippen MR) is 92.0 cm³/mol. The lowest BCUT2D eigenvalue weighted by atomic mass is 10.3. The summed E-state index contributed by atoms with van der Waals surface area (Å²) in [6, 6.07) is 3.77. The molecule has 0 aromatic carbocycles. The first kappa shape index (κ1) is 15.5. The predicted octanol–water partition coefficient (Wildman–Crippen LogP) is 1.18. The Morgan fingerprint density at radius 3 is 2.74 bits per heavy atom. The zero-order chi connectivity index (χ0) is 16.1. The van der Waals surface area contributed by atoms with Crippen molar-refractivity contribution < 1.29 is 4.74 Å². The average Bonchev–Trinajstić information content (AvgIpc) is 3.15. The van der Waals surface area contributed by atoms with Gasteiger partial charge in [0.15, 0.2) is 11.1 Å². The molecule has 0 atom stereocenters. The average molecular weight is 332 g/mol. The van der Waals surface area contributed by atoms with Crippen molar-refractivity contribution in [3.8, 4) is 5.88 Å². The van der Waals surface area contributed by atoms with Crippen molar-refractivity contribution in [3.63, 3.8) is 0 Å². The maximum absolute atomic E-state index is 6.12. The molecular formula is C15H20N6OS. The Balaban J connectivity index is 1.53. The number of aromatic nitrogens is 2. The van der Waals surface area contributed by atoms with Gasteiger partial charge in [0.2, 0.25) is 5.88 Å². The van der Waals surface area contributed by atoms with E-state index in [2.05, 4.69) is 24.8 Å². The third kappa shape index (κ3) is 3.89. The fourth-order valence-corrected chi connectivity index (χ4v) is 3.09. The van der Waals surface area contributed by atoms with Crippen molar-refractivity contribution >= 4 is 22.4 Å². The molecule has 0 bridgehead atoms. The van der Waals surface area contributed by atoms with Gasteiger partial charge in [-0.3, -0.25) is 0 Å². The number of hydrogen-bond donors (Lipinski definition) is 1. The number of rotatable bonds is 4. The maximum Gasteiger partial charge on any atom is 0.212 e. The van der Waals surface area contributed by atoms with E-state index >= 15 is 0 Å². The van der Waals surface area contributed by atoms with Crippen molar-refractivity contribution in [1.82, 2.24) is 14.9 Å². The van der Waals surface area contributed by atoms with E-state index in [1.165, 1.54) is 0 Å². The van der Waals surface area contributed by atoms with Crippen LogP contribution < -0.4 is 15.4 Å². The van der Waals surface area contributed by atoms with Crippen LogP contribution in [0.2, 0.25) is 0 Å². The first-order chi connectivity index (χ1) is 11.3. The van der Waals surface area contributed by atoms with Gasteiger partial charge in [-0.15, -0.1) is 11.3 Å². The van der Waals surface area contributed by atoms with Gasteiger partial charge in [-0.2, -0.15) is 0 Å². The summed E-state index contributed by atoms with van der Waals surface area (Å²) in [5.41, 5.74) is 7.13. The minimum atomic E-state index is 0.523. The van der Waals surface area contributed by atoms with E-state index in [9.17, 15) is 0 Å². The number of anilines is 1. The fraction of sp³-hybridized carbons (Fsp3) is 0.400. The van der Waals surface area contributed by atoms with Gasteiger partial charge in [0.1, 0.15) is 0 Å². The van der Waals surface area contributed by atoms with Crippen molar-refractivity contribution in [2.75, 3.05) is 38.2 Å². The van der Waals surface area contributed by atoms with Gasteiger partial charge in [-0.05, 0) is 5.56 Å². The third-order valence-corrected chi connectivity index (χ3v) is 4.56. The van der Waals surface area contributed by atoms with Crippen LogP contribution in [-0.2, 0) is 6.54 Å². The lowest BCUT2D eigenvalue weighted by molar-refractivity contribution is 0.380. The number of guanidine groups is 1. The monoisotopic (exact) mass is 332 g/mol. The summed E-state index contributed by atoms with van der Waals surface area (Å²) >= 11 is 1.67. The molecule has 122 valence electrons. The molecule has 8 heteroatoms. The highest BCUT2D eigenvalue weighted by Gasteiger charge is 2.19. The number of methoxy groups -OCH3 is 1. The number of hydrogen-bond acceptors (Lipinski definition) is 6. The number of nitrogens with zero attached hydrogens (tertiary/aromatic N) is 5. The van der Waals surface area contributed by atoms with Gasteiger partial charge < -0.3 is 20.3 Å². The van der Waals surface area contributed by atoms with E-state index in [0.29, 0.717) is 18.4 Å². The van der Waals surface area contributed by atoms with E-state index in [-0.39, 0.29) is 0 Å². The number of nitrogens with two attached hydrogens (primary N) is 1. The van der Waals surface area contributed by atoms with Crippen molar-refractivity contribution in [2.24, 2.45) is 10.7 Å². The highest BCUT2D eigenvalue weighted by atomic mass is 32.1. The number of thiazole rings is 1. The molecule has 3 heterocycles. The van der Waals surface area contributed by atoms with Crippen molar-refractivity contribution in [2.45, 2.75) is 6.54 Å². The van der Waals surface area contributed by atoms with Crippen LogP contribution in [-0.4, -0.2) is 54.1 Å². The van der Waals surface area contributed by atoms with Crippen LogP contribution in [0.15, 0.2) is 34.9 Å². The summed E-state index contributed by atoms with van der Waals surface area (Å²) in [5, 5.41) is 3.07. The summed E-state index contributed by atoms with van der Waals surface area (Å²) in [6.45, 7) is 4.06. The standard InChI is InChI=1S/C15H20N6OS/c1-22-13-3-2-12(10-18-13)11-19-14(16)20-5-7-21(8-6-20)15-17-4-9-23-15/h2-4,9-10H,5-8,11H2,1H3,(H2,16,19). The molecule has 7 nitrogen and oxygen atoms in total. The molecule has 23 heavy (non-hydrogen) atoms. The van der Waals surface area contributed by atoms with Gasteiger partial charge in [-0.25, -0.2) is 15.0 Å². The van der Waals surface area contributed by atoms with Crippen LogP contribution in [0.5, 0.6) is 5.88 Å². The lowest BCUT2D eigenvalue weighted by Gasteiger charge is -2.35. The van der Waals surface area contributed by atoms with E-state index in [4.69, 9.17) is 10.5 Å². The SMILES string of the molecule is COc1ccc(CN=C(N)N2CCN(c3nccs3)CC2)cn1. The molecule has 1 aliphatic heterocycles. The molecule has 1 fully saturated rings. The van der Waals surface area contributed by atoms with Crippen LogP contribution in [0.3, 0.4) is 0 Å². The number of aliphatic imine (C=N–C) groups is 1. The molecule has 2 aromatic rings. The molecule has 0 amide bonds. The van der Waals surface area contributed by atoms with E-state index < -0.39 is 0 Å². The molecule has 0 aliphatic carbocycles. The van der Waals surface area contributed by atoms with Crippen LogP contribution >= 0.6 is 11.3 Å². The molecule has 1 saturated heterocycles. The molecule has 2 N–H and O–H groups in total. The Kier molecular flexibility index (Phi) is 4.92. The summed E-state index contributed by atoms with van der Waals surface area (Å²) in [4.78, 5) is 17.4. The summed E-state index contributed by atoms with van der Waals surface area (Å²) in [7, 11) is 1.60. The largest absolute Gasteiger partial charge is 0.481 e. The normalized spacial score (nSPS) is 15.8. The molecule has 3 rings (SSSR count). The Hall–Kier alpha value is -2.35. The number of pyridine rings is 1. The van der Waals surface area contributed by atoms with E-state index in [1.807, 2.05) is 23.7 Å². The first-order valence-electron chi connectivity index (χ1n) is 7.44. The second-order valence-corrected chi connectivity index (χ2v) is 6.05. The first-order valence-corrected chi connectivity index (χ1v) is 8.32. The summed E-state index contributed by atoms with van der Waals surface area (Å²) < 4.78 is 5.04. The van der Waals surface area contributed by atoms with Gasteiger partial charge in [-0.1, -0.05) is 6.07 Å². The fourth-order valence-electron chi connectivity index (χ4n) is 2.40. The van der Waals surface area contributed by atoms with E-state index in [0.717, 1.165) is 36.9 Å². The minimum Gasteiger partial charge on any atom is -0.481 e. The van der Waals surface area contributed by atoms with Crippen molar-refractivity contribution in [3.05, 3.63) is 35.5 Å². The summed E-state index contributed by atoms with van der Waals surface area (Å²) in [6.07, 6.45) is 3.60. The van der Waals surface area contributed by atoms with Gasteiger partial charge >= 0.3 is 0 Å². The minimum absolute atomic E-state index is 0.523. The highest BCUT2D eigenvalue weighted by Crippen LogP contribution is 2.18. The third-order valence-electron chi connectivity index (χ3n) is 3.72. The van der Waals surface area contributed by atoms with Crippen LogP contribution in [0.25, 0.3) is 0 Å². The Morgan fingerprint density at radius 2 is 2.13 bits per heavy atom. The zero-order valence-electron chi connectivity index (χ0n) is 13.1. The van der Waals surface area contributed by atoms with Gasteiger partial charge in [0.25, 0.3) is 0 Å². The second kappa shape index (κ2) is 7.28. The lowest BCUT2D eigenvalue weighted by Crippen LogP contribution is -2.51. The van der Waals surface area contributed by atoms with Gasteiger partial charge in [0, 0.05) is 50.0 Å². The molecular weight excluding hydrogens is 312 g/mol. The summed E-state index contributed by atoms with van der Waals surface area (Å²) in [5.74, 6) is 1.18. The molecule has 0 radical (unpaired) electrons. The molecule has 0 spiro atoms.